The second-order valence-corrected chi connectivity index (χ2v) is 13.4. The Bertz CT molecular complexity index is 472. The number of aliphatic hydroxyl groups excluding tert-OH is 5. The van der Waals surface area contributed by atoms with E-state index >= 15 is 0 Å². The molecular weight excluding hydrogens is 524 g/mol. The van der Waals surface area contributed by atoms with Crippen LogP contribution in [-0.2, 0) is 0 Å². The van der Waals surface area contributed by atoms with Crippen LogP contribution in [0.3, 0.4) is 0 Å². The van der Waals surface area contributed by atoms with Crippen molar-refractivity contribution >= 4 is 0 Å². The molecule has 0 heterocycles. The third kappa shape index (κ3) is 28.6. The summed E-state index contributed by atoms with van der Waals surface area (Å²) in [4.78, 5) is 0. The maximum atomic E-state index is 10.3. The van der Waals surface area contributed by atoms with Crippen LogP contribution in [0.15, 0.2) is 0 Å². The molecule has 0 aromatic heterocycles. The van der Waals surface area contributed by atoms with Crippen LogP contribution >= 0.6 is 0 Å². The highest BCUT2D eigenvalue weighted by Gasteiger charge is 2.16. The van der Waals surface area contributed by atoms with Crippen molar-refractivity contribution in [3.63, 3.8) is 0 Å². The van der Waals surface area contributed by atoms with Gasteiger partial charge in [-0.05, 0) is 38.5 Å². The van der Waals surface area contributed by atoms with Crippen LogP contribution in [0.25, 0.3) is 0 Å². The molecule has 4 unspecified atom stereocenters. The van der Waals surface area contributed by atoms with Gasteiger partial charge in [0.15, 0.2) is 0 Å². The summed E-state index contributed by atoms with van der Waals surface area (Å²) in [6.45, 7) is 4.44. The molecule has 42 heavy (non-hydrogen) atoms. The van der Waals surface area contributed by atoms with E-state index in [1.807, 2.05) is 0 Å². The minimum absolute atomic E-state index is 0.170. The average Bonchev–Trinajstić information content (AvgIpc) is 2.98. The van der Waals surface area contributed by atoms with Crippen LogP contribution in [0.4, 0.5) is 0 Å². The second kappa shape index (κ2) is 32.2. The van der Waals surface area contributed by atoms with E-state index in [1.54, 1.807) is 0 Å². The molecule has 0 aromatic rings. The molecule has 0 aliphatic rings. The van der Waals surface area contributed by atoms with Gasteiger partial charge in [-0.1, -0.05) is 168 Å². The Labute approximate surface area is 262 Å². The predicted molar refractivity (Wildman–Crippen MR) is 180 cm³/mol. The molecule has 0 amide bonds. The Hall–Kier alpha value is -0.200. The van der Waals surface area contributed by atoms with E-state index in [0.29, 0.717) is 12.8 Å². The van der Waals surface area contributed by atoms with Crippen molar-refractivity contribution in [2.75, 3.05) is 0 Å². The third-order valence-corrected chi connectivity index (χ3v) is 9.17. The Balaban J connectivity index is 3.45. The van der Waals surface area contributed by atoms with Gasteiger partial charge in [0, 0.05) is 0 Å². The molecule has 0 aliphatic carbocycles. The number of unbranched alkanes of at least 4 members (excludes halogenated alkanes) is 20. The summed E-state index contributed by atoms with van der Waals surface area (Å²) in [5, 5.41) is 51.0. The topological polar surface area (TPSA) is 101 Å². The van der Waals surface area contributed by atoms with Crippen LogP contribution in [-0.4, -0.2) is 56.1 Å². The first-order valence-corrected chi connectivity index (χ1v) is 18.8. The maximum absolute atomic E-state index is 10.3. The minimum Gasteiger partial charge on any atom is -0.393 e. The molecule has 0 saturated heterocycles. The third-order valence-electron chi connectivity index (χ3n) is 9.17. The highest BCUT2D eigenvalue weighted by Crippen LogP contribution is 2.18. The molecule has 0 radical (unpaired) electrons. The van der Waals surface area contributed by atoms with Crippen molar-refractivity contribution in [2.45, 2.75) is 237 Å². The van der Waals surface area contributed by atoms with E-state index < -0.39 is 24.4 Å². The fourth-order valence-corrected chi connectivity index (χ4v) is 6.06. The van der Waals surface area contributed by atoms with Crippen LogP contribution in [0.1, 0.15) is 206 Å². The van der Waals surface area contributed by atoms with E-state index in [-0.39, 0.29) is 6.10 Å². The summed E-state index contributed by atoms with van der Waals surface area (Å²) < 4.78 is 0. The lowest BCUT2D eigenvalue weighted by molar-refractivity contribution is 0.00711. The van der Waals surface area contributed by atoms with Gasteiger partial charge in [-0.3, -0.25) is 0 Å². The fraction of sp³-hybridized carbons (Fsp3) is 1.00. The van der Waals surface area contributed by atoms with E-state index in [0.717, 1.165) is 89.9 Å². The van der Waals surface area contributed by atoms with Gasteiger partial charge in [0.1, 0.15) is 0 Å². The fourth-order valence-electron chi connectivity index (χ4n) is 6.06. The molecule has 5 nitrogen and oxygen atoms in total. The average molecular weight is 601 g/mol. The summed E-state index contributed by atoms with van der Waals surface area (Å²) in [6.07, 6.45) is 30.2. The number of hydrogen-bond acceptors (Lipinski definition) is 5. The molecule has 0 aromatic carbocycles. The molecule has 0 rings (SSSR count). The highest BCUT2D eigenvalue weighted by atomic mass is 16.3. The first-order valence-electron chi connectivity index (χ1n) is 18.8. The Morgan fingerprint density at radius 3 is 0.690 bits per heavy atom. The molecule has 5 N–H and O–H groups in total. The minimum atomic E-state index is -0.567. The monoisotopic (exact) mass is 601 g/mol. The molecule has 0 fully saturated rings. The lowest BCUT2D eigenvalue weighted by atomic mass is 9.98. The van der Waals surface area contributed by atoms with Gasteiger partial charge in [-0.15, -0.1) is 0 Å². The number of aliphatic hydroxyl groups is 5. The Morgan fingerprint density at radius 1 is 0.262 bits per heavy atom. The molecule has 0 spiro atoms. The van der Waals surface area contributed by atoms with E-state index in [1.165, 1.54) is 89.9 Å². The van der Waals surface area contributed by atoms with Crippen LogP contribution in [0.2, 0.25) is 0 Å². The van der Waals surface area contributed by atoms with Crippen LogP contribution in [0, 0.1) is 0 Å². The lowest BCUT2D eigenvalue weighted by Crippen LogP contribution is -2.25. The molecular formula is C37H76O5. The summed E-state index contributed by atoms with van der Waals surface area (Å²) >= 11 is 0. The van der Waals surface area contributed by atoms with Gasteiger partial charge >= 0.3 is 0 Å². The summed E-state index contributed by atoms with van der Waals surface area (Å²) in [5.74, 6) is 0. The molecule has 0 aliphatic heterocycles. The van der Waals surface area contributed by atoms with Crippen LogP contribution < -0.4 is 0 Å². The van der Waals surface area contributed by atoms with Gasteiger partial charge in [-0.2, -0.15) is 0 Å². The standard InChI is InChI=1S/C37H76O5/c1-3-5-7-9-17-23-29-34(39)36(41)31-25-19-13-11-15-21-27-33(38)28-22-16-12-14-20-26-32-37(42)35(40)30-24-18-10-8-6-4-2/h33-42H,3-32H2,1-2H3. The van der Waals surface area contributed by atoms with E-state index in [4.69, 9.17) is 0 Å². The number of hydrogen-bond donors (Lipinski definition) is 5. The van der Waals surface area contributed by atoms with Gasteiger partial charge in [-0.25, -0.2) is 0 Å². The molecule has 4 atom stereocenters. The SMILES string of the molecule is CCCCCCCCC(O)C(O)CCCCCCCCC(O)CCCCCCCCC(O)C(O)CCCCCCCC. The van der Waals surface area contributed by atoms with Crippen molar-refractivity contribution < 1.29 is 25.5 Å². The maximum Gasteiger partial charge on any atom is 0.0799 e. The van der Waals surface area contributed by atoms with Crippen molar-refractivity contribution in [1.82, 2.24) is 0 Å². The molecule has 5 heteroatoms. The molecule has 0 saturated carbocycles. The Kier molecular flexibility index (Phi) is 32.0. The van der Waals surface area contributed by atoms with E-state index in [9.17, 15) is 25.5 Å². The first-order chi connectivity index (χ1) is 20.4. The Morgan fingerprint density at radius 2 is 0.452 bits per heavy atom. The summed E-state index contributed by atoms with van der Waals surface area (Å²) in [6, 6.07) is 0. The summed E-state index contributed by atoms with van der Waals surface area (Å²) in [7, 11) is 0. The molecule has 0 bridgehead atoms. The van der Waals surface area contributed by atoms with Gasteiger partial charge < -0.3 is 25.5 Å². The van der Waals surface area contributed by atoms with Crippen molar-refractivity contribution in [2.24, 2.45) is 0 Å². The van der Waals surface area contributed by atoms with Crippen molar-refractivity contribution in [3.8, 4) is 0 Å². The van der Waals surface area contributed by atoms with Gasteiger partial charge in [0.05, 0.1) is 30.5 Å². The zero-order valence-electron chi connectivity index (χ0n) is 28.3. The molecule has 254 valence electrons. The first kappa shape index (κ1) is 41.8. The predicted octanol–water partition coefficient (Wildman–Crippen LogP) is 9.53. The van der Waals surface area contributed by atoms with Gasteiger partial charge in [0.2, 0.25) is 0 Å². The normalized spacial score (nSPS) is 15.5. The van der Waals surface area contributed by atoms with E-state index in [2.05, 4.69) is 13.8 Å². The highest BCUT2D eigenvalue weighted by molar-refractivity contribution is 4.69. The zero-order chi connectivity index (χ0) is 31.1. The summed E-state index contributed by atoms with van der Waals surface area (Å²) in [5.41, 5.74) is 0. The van der Waals surface area contributed by atoms with Gasteiger partial charge in [0.25, 0.3) is 0 Å². The largest absolute Gasteiger partial charge is 0.393 e. The van der Waals surface area contributed by atoms with Crippen molar-refractivity contribution in [3.05, 3.63) is 0 Å². The van der Waals surface area contributed by atoms with Crippen LogP contribution in [0.5, 0.6) is 0 Å². The zero-order valence-corrected chi connectivity index (χ0v) is 28.3. The number of rotatable bonds is 34. The second-order valence-electron chi connectivity index (χ2n) is 13.4. The lowest BCUT2D eigenvalue weighted by Gasteiger charge is -2.17. The quantitative estimate of drug-likeness (QED) is 0.0474. The van der Waals surface area contributed by atoms with Crippen molar-refractivity contribution in [1.29, 1.82) is 0 Å². The smallest absolute Gasteiger partial charge is 0.0799 e.